The Hall–Kier alpha value is -2.11. The van der Waals surface area contributed by atoms with Crippen molar-refractivity contribution >= 4 is 16.8 Å². The van der Waals surface area contributed by atoms with Crippen LogP contribution in [0.2, 0.25) is 0 Å². The molecule has 4 atom stereocenters. The topological polar surface area (TPSA) is 37.7 Å². The maximum absolute atomic E-state index is 13.6. The summed E-state index contributed by atoms with van der Waals surface area (Å²) in [6.45, 7) is 4.99. The van der Waals surface area contributed by atoms with Crippen molar-refractivity contribution < 1.29 is 9.53 Å². The number of hydrogen-bond donors (Lipinski definition) is 0. The van der Waals surface area contributed by atoms with E-state index in [-0.39, 0.29) is 0 Å². The van der Waals surface area contributed by atoms with Gasteiger partial charge in [0.25, 0.3) is 0 Å². The summed E-state index contributed by atoms with van der Waals surface area (Å²) in [5.74, 6) is 1.74. The van der Waals surface area contributed by atoms with Crippen molar-refractivity contribution in [2.45, 2.75) is 76.4 Å². The Balaban J connectivity index is 1.13. The van der Waals surface area contributed by atoms with Gasteiger partial charge in [-0.1, -0.05) is 36.3 Å². The van der Waals surface area contributed by atoms with E-state index >= 15 is 0 Å². The van der Waals surface area contributed by atoms with E-state index in [9.17, 15) is 4.79 Å². The molecule has 5 nitrogen and oxygen atoms in total. The molecule has 4 heterocycles. The van der Waals surface area contributed by atoms with Crippen LogP contribution in [0.15, 0.2) is 42.1 Å². The Bertz CT molecular complexity index is 1090. The maximum Gasteiger partial charge on any atom is 0.223 e. The van der Waals surface area contributed by atoms with Crippen molar-refractivity contribution in [3.8, 4) is 0 Å². The molecule has 2 bridgehead atoms. The van der Waals surface area contributed by atoms with Gasteiger partial charge < -0.3 is 14.2 Å². The fourth-order valence-corrected chi connectivity index (χ4v) is 7.72. The molecule has 1 aliphatic carbocycles. The molecule has 188 valence electrons. The third kappa shape index (κ3) is 4.46. The predicted molar refractivity (Wildman–Crippen MR) is 140 cm³/mol. The minimum atomic E-state index is 0.367. The van der Waals surface area contributed by atoms with E-state index in [4.69, 9.17) is 4.74 Å². The number of methoxy groups -OCH3 is 1. The summed E-state index contributed by atoms with van der Waals surface area (Å²) >= 11 is 0. The smallest absolute Gasteiger partial charge is 0.223 e. The lowest BCUT2D eigenvalue weighted by Crippen LogP contribution is -2.60. The largest absolute Gasteiger partial charge is 0.383 e. The first kappa shape index (κ1) is 23.3. The van der Waals surface area contributed by atoms with Gasteiger partial charge in [0.2, 0.25) is 5.91 Å². The molecular weight excluding hydrogens is 434 g/mol. The van der Waals surface area contributed by atoms with Gasteiger partial charge in [0.1, 0.15) is 0 Å². The number of fused-ring (bicyclic) bond motifs is 7. The van der Waals surface area contributed by atoms with Crippen molar-refractivity contribution in [3.63, 3.8) is 0 Å². The van der Waals surface area contributed by atoms with Crippen molar-refractivity contribution in [1.82, 2.24) is 14.4 Å². The van der Waals surface area contributed by atoms with E-state index in [0.29, 0.717) is 30.9 Å². The molecule has 1 aromatic carbocycles. The molecular formula is C30H41N3O2. The Kier molecular flexibility index (Phi) is 6.72. The van der Waals surface area contributed by atoms with Crippen molar-refractivity contribution in [2.75, 3.05) is 33.4 Å². The van der Waals surface area contributed by atoms with Crippen LogP contribution in [0.25, 0.3) is 10.9 Å². The fourth-order valence-electron chi connectivity index (χ4n) is 7.72. The number of piperidine rings is 3. The van der Waals surface area contributed by atoms with Gasteiger partial charge in [-0.2, -0.15) is 0 Å². The third-order valence-corrected chi connectivity index (χ3v) is 9.22. The zero-order valence-corrected chi connectivity index (χ0v) is 21.3. The molecule has 3 saturated heterocycles. The number of nitrogens with zero attached hydrogens (tertiary/aromatic N) is 3. The number of benzene rings is 1. The third-order valence-electron chi connectivity index (χ3n) is 9.22. The molecule has 0 spiro atoms. The zero-order valence-electron chi connectivity index (χ0n) is 21.3. The molecule has 2 aromatic rings. The van der Waals surface area contributed by atoms with Gasteiger partial charge in [-0.25, -0.2) is 0 Å². The molecule has 4 aliphatic rings. The summed E-state index contributed by atoms with van der Waals surface area (Å²) in [7, 11) is 1.75. The van der Waals surface area contributed by atoms with Crippen LogP contribution < -0.4 is 0 Å². The van der Waals surface area contributed by atoms with Crippen LogP contribution in [-0.2, 0) is 22.5 Å². The van der Waals surface area contributed by atoms with Crippen LogP contribution in [0.1, 0.15) is 56.9 Å². The SMILES string of the molecule is COCCn1cc(CCCC(=O)N2CCCC3=C[C@H]4C[C@H](CN5CCCC[C@@H]45)[C@H]32)c2ccccc21. The number of aromatic nitrogens is 1. The first-order valence-electron chi connectivity index (χ1n) is 14.0. The zero-order chi connectivity index (χ0) is 23.8. The van der Waals surface area contributed by atoms with Crippen LogP contribution in [0.4, 0.5) is 0 Å². The lowest BCUT2D eigenvalue weighted by molar-refractivity contribution is -0.136. The molecule has 35 heavy (non-hydrogen) atoms. The first-order valence-corrected chi connectivity index (χ1v) is 14.0. The lowest BCUT2D eigenvalue weighted by Gasteiger charge is -2.54. The number of hydrogen-bond acceptors (Lipinski definition) is 3. The molecule has 1 amide bonds. The van der Waals surface area contributed by atoms with E-state index in [1.54, 1.807) is 12.7 Å². The molecule has 1 aromatic heterocycles. The summed E-state index contributed by atoms with van der Waals surface area (Å²) in [5.41, 5.74) is 4.21. The molecule has 3 fully saturated rings. The Morgan fingerprint density at radius 1 is 1.14 bits per heavy atom. The number of aryl methyl sites for hydroxylation is 1. The van der Waals surface area contributed by atoms with Crippen LogP contribution in [-0.4, -0.2) is 65.7 Å². The minimum absolute atomic E-state index is 0.367. The summed E-state index contributed by atoms with van der Waals surface area (Å²) in [4.78, 5) is 18.6. The number of ether oxygens (including phenoxy) is 1. The highest BCUT2D eigenvalue weighted by Gasteiger charge is 2.46. The van der Waals surface area contributed by atoms with Crippen molar-refractivity contribution in [2.24, 2.45) is 11.8 Å². The molecule has 0 saturated carbocycles. The van der Waals surface area contributed by atoms with Gasteiger partial charge >= 0.3 is 0 Å². The van der Waals surface area contributed by atoms with Gasteiger partial charge in [0, 0.05) is 56.3 Å². The van der Waals surface area contributed by atoms with Crippen LogP contribution in [0.5, 0.6) is 0 Å². The predicted octanol–water partition coefficient (Wildman–Crippen LogP) is 5.03. The average Bonchev–Trinajstić information content (AvgIpc) is 3.24. The summed E-state index contributed by atoms with van der Waals surface area (Å²) in [6, 6.07) is 9.76. The van der Waals surface area contributed by atoms with Gasteiger partial charge in [-0.3, -0.25) is 9.69 Å². The van der Waals surface area contributed by atoms with Gasteiger partial charge in [-0.15, -0.1) is 0 Å². The molecule has 6 rings (SSSR count). The van der Waals surface area contributed by atoms with Gasteiger partial charge in [0.05, 0.1) is 12.6 Å². The molecule has 5 heteroatoms. The standard InChI is InChI=1S/C30H41N3O2/c1-35-17-16-32-20-23(26-10-2-3-12-28(26)32)8-6-13-29(34)33-15-7-9-22-18-24-19-25(30(22)33)21-31-14-5-4-11-27(24)31/h2-3,10,12,18,20,24-25,27,30H,4-9,11,13-17,19,21H2,1H3/t24-,25+,27-,30-/m0/s1. The van der Waals surface area contributed by atoms with E-state index < -0.39 is 0 Å². The highest BCUT2D eigenvalue weighted by molar-refractivity contribution is 5.84. The van der Waals surface area contributed by atoms with Gasteiger partial charge in [0.15, 0.2) is 0 Å². The van der Waals surface area contributed by atoms with E-state index in [1.807, 2.05) is 0 Å². The highest BCUT2D eigenvalue weighted by atomic mass is 16.5. The Morgan fingerprint density at radius 3 is 2.97 bits per heavy atom. The molecule has 3 aliphatic heterocycles. The monoisotopic (exact) mass is 475 g/mol. The van der Waals surface area contributed by atoms with E-state index in [1.165, 1.54) is 61.7 Å². The van der Waals surface area contributed by atoms with E-state index in [2.05, 4.69) is 50.9 Å². The van der Waals surface area contributed by atoms with Crippen LogP contribution in [0.3, 0.4) is 0 Å². The van der Waals surface area contributed by atoms with Crippen molar-refractivity contribution in [1.29, 1.82) is 0 Å². The van der Waals surface area contributed by atoms with Crippen molar-refractivity contribution in [3.05, 3.63) is 47.7 Å². The number of carbonyl (C=O) groups is 1. The fraction of sp³-hybridized carbons (Fsp3) is 0.633. The maximum atomic E-state index is 13.6. The van der Waals surface area contributed by atoms with Crippen LogP contribution >= 0.6 is 0 Å². The first-order chi connectivity index (χ1) is 17.2. The summed E-state index contributed by atoms with van der Waals surface area (Å²) in [6.07, 6.45) is 15.2. The number of amides is 1. The molecule has 0 radical (unpaired) electrons. The second-order valence-electron chi connectivity index (χ2n) is 11.3. The number of rotatable bonds is 7. The highest BCUT2D eigenvalue weighted by Crippen LogP contribution is 2.45. The summed E-state index contributed by atoms with van der Waals surface area (Å²) in [5, 5.41) is 1.32. The Labute approximate surface area is 210 Å². The lowest BCUT2D eigenvalue weighted by atomic mass is 9.68. The molecule has 0 N–H and O–H groups in total. The van der Waals surface area contributed by atoms with E-state index in [0.717, 1.165) is 44.3 Å². The minimum Gasteiger partial charge on any atom is -0.383 e. The number of likely N-dealkylation sites (tertiary alicyclic amines) is 1. The van der Waals surface area contributed by atoms with Crippen LogP contribution in [0, 0.1) is 11.8 Å². The average molecular weight is 476 g/mol. The summed E-state index contributed by atoms with van der Waals surface area (Å²) < 4.78 is 7.61. The van der Waals surface area contributed by atoms with Gasteiger partial charge in [-0.05, 0) is 75.0 Å². The molecule has 0 unspecified atom stereocenters. The number of carbonyl (C=O) groups excluding carboxylic acids is 1. The Morgan fingerprint density at radius 2 is 2.06 bits per heavy atom. The normalized spacial score (nSPS) is 28.5. The number of para-hydroxylation sites is 1. The second-order valence-corrected chi connectivity index (χ2v) is 11.3. The quantitative estimate of drug-likeness (QED) is 0.527. The second kappa shape index (κ2) is 10.1.